The number of thiophene rings is 1. The van der Waals surface area contributed by atoms with Crippen LogP contribution in [0, 0.1) is 0 Å². The van der Waals surface area contributed by atoms with E-state index in [2.05, 4.69) is 0 Å². The van der Waals surface area contributed by atoms with Gasteiger partial charge in [0, 0.05) is 18.5 Å². The fourth-order valence-corrected chi connectivity index (χ4v) is 4.05. The summed E-state index contributed by atoms with van der Waals surface area (Å²) in [4.78, 5) is 1.33. The van der Waals surface area contributed by atoms with Gasteiger partial charge in [-0.25, -0.2) is 12.7 Å². The van der Waals surface area contributed by atoms with E-state index >= 15 is 0 Å². The monoisotopic (exact) mass is 345 g/mol. The van der Waals surface area contributed by atoms with Gasteiger partial charge in [-0.05, 0) is 36.1 Å². The molecule has 1 aromatic heterocycles. The largest absolute Gasteiger partial charge is 0.495 e. The molecule has 114 valence electrons. The van der Waals surface area contributed by atoms with Gasteiger partial charge in [-0.2, -0.15) is 0 Å². The molecule has 0 amide bonds. The fraction of sp³-hybridized carbons (Fsp3) is 0.286. The van der Waals surface area contributed by atoms with Crippen LogP contribution >= 0.6 is 22.9 Å². The first-order valence-corrected chi connectivity index (χ1v) is 8.97. The molecule has 0 spiro atoms. The molecular formula is C14H16ClNO3S2. The average Bonchev–Trinajstić information content (AvgIpc) is 2.97. The molecule has 1 heterocycles. The molecule has 21 heavy (non-hydrogen) atoms. The van der Waals surface area contributed by atoms with Crippen LogP contribution in [0.5, 0.6) is 5.75 Å². The lowest BCUT2D eigenvalue weighted by atomic mass is 10.3. The lowest BCUT2D eigenvalue weighted by molar-refractivity contribution is 0.414. The summed E-state index contributed by atoms with van der Waals surface area (Å²) in [7, 11) is -0.483. The van der Waals surface area contributed by atoms with Crippen molar-refractivity contribution in [3.8, 4) is 5.75 Å². The SMILES string of the molecule is COc1ccc(S(=O)(=O)N(C)CCc2cccs2)cc1Cl. The van der Waals surface area contributed by atoms with Crippen molar-refractivity contribution in [3.05, 3.63) is 45.6 Å². The first kappa shape index (κ1) is 16.3. The van der Waals surface area contributed by atoms with Crippen molar-refractivity contribution < 1.29 is 13.2 Å². The van der Waals surface area contributed by atoms with Crippen LogP contribution in [0.1, 0.15) is 4.88 Å². The minimum atomic E-state index is -3.54. The number of benzene rings is 1. The van der Waals surface area contributed by atoms with Crippen molar-refractivity contribution in [3.63, 3.8) is 0 Å². The van der Waals surface area contributed by atoms with Gasteiger partial charge in [0.2, 0.25) is 10.0 Å². The van der Waals surface area contributed by atoms with E-state index in [1.165, 1.54) is 23.5 Å². The van der Waals surface area contributed by atoms with Crippen LogP contribution in [0.15, 0.2) is 40.6 Å². The molecule has 0 saturated carbocycles. The van der Waals surface area contributed by atoms with E-state index in [0.29, 0.717) is 18.7 Å². The Kier molecular flexibility index (Phi) is 5.27. The first-order valence-electron chi connectivity index (χ1n) is 6.27. The topological polar surface area (TPSA) is 46.6 Å². The Morgan fingerprint density at radius 1 is 1.33 bits per heavy atom. The molecule has 0 fully saturated rings. The van der Waals surface area contributed by atoms with E-state index in [1.807, 2.05) is 17.5 Å². The molecule has 0 aliphatic rings. The van der Waals surface area contributed by atoms with Crippen molar-refractivity contribution in [1.82, 2.24) is 4.31 Å². The Morgan fingerprint density at radius 2 is 2.10 bits per heavy atom. The Balaban J connectivity index is 2.14. The Morgan fingerprint density at radius 3 is 2.67 bits per heavy atom. The summed E-state index contributed by atoms with van der Waals surface area (Å²) in [5.41, 5.74) is 0. The maximum Gasteiger partial charge on any atom is 0.242 e. The van der Waals surface area contributed by atoms with Gasteiger partial charge in [-0.1, -0.05) is 17.7 Å². The Labute approximate surface area is 134 Å². The highest BCUT2D eigenvalue weighted by Gasteiger charge is 2.21. The number of sulfonamides is 1. The number of hydrogen-bond acceptors (Lipinski definition) is 4. The van der Waals surface area contributed by atoms with Gasteiger partial charge in [0.05, 0.1) is 17.0 Å². The molecule has 0 aliphatic heterocycles. The summed E-state index contributed by atoms with van der Waals surface area (Å²) >= 11 is 7.61. The number of likely N-dealkylation sites (N-methyl/N-ethyl adjacent to an activating group) is 1. The zero-order valence-electron chi connectivity index (χ0n) is 11.7. The summed E-state index contributed by atoms with van der Waals surface area (Å²) in [5, 5.41) is 2.26. The van der Waals surface area contributed by atoms with Crippen LogP contribution in [-0.2, 0) is 16.4 Å². The van der Waals surface area contributed by atoms with E-state index in [9.17, 15) is 8.42 Å². The summed E-state index contributed by atoms with van der Waals surface area (Å²) in [6, 6.07) is 8.43. The minimum Gasteiger partial charge on any atom is -0.495 e. The molecule has 4 nitrogen and oxygen atoms in total. The molecule has 1 aromatic carbocycles. The third-order valence-corrected chi connectivity index (χ3v) is 6.17. The van der Waals surface area contributed by atoms with Gasteiger partial charge in [-0.15, -0.1) is 11.3 Å². The molecule has 0 aliphatic carbocycles. The van der Waals surface area contributed by atoms with Gasteiger partial charge in [-0.3, -0.25) is 0 Å². The molecule has 0 unspecified atom stereocenters. The standard InChI is InChI=1S/C14H16ClNO3S2/c1-16(8-7-11-4-3-9-20-11)21(17,18)12-5-6-14(19-2)13(15)10-12/h3-6,9-10H,7-8H2,1-2H3. The van der Waals surface area contributed by atoms with Crippen LogP contribution in [-0.4, -0.2) is 33.4 Å². The third-order valence-electron chi connectivity index (χ3n) is 3.08. The second kappa shape index (κ2) is 6.79. The Bertz CT molecular complexity index is 699. The molecule has 0 saturated heterocycles. The van der Waals surface area contributed by atoms with Crippen LogP contribution in [0.3, 0.4) is 0 Å². The van der Waals surface area contributed by atoms with E-state index in [4.69, 9.17) is 16.3 Å². The number of nitrogens with zero attached hydrogens (tertiary/aromatic N) is 1. The average molecular weight is 346 g/mol. The molecule has 0 N–H and O–H groups in total. The van der Waals surface area contributed by atoms with Gasteiger partial charge in [0.25, 0.3) is 0 Å². The van der Waals surface area contributed by atoms with E-state index in [1.54, 1.807) is 24.5 Å². The smallest absolute Gasteiger partial charge is 0.242 e. The molecule has 2 aromatic rings. The predicted molar refractivity (Wildman–Crippen MR) is 85.8 cm³/mol. The Hall–Kier alpha value is -1.08. The zero-order valence-corrected chi connectivity index (χ0v) is 14.1. The quantitative estimate of drug-likeness (QED) is 0.807. The summed E-state index contributed by atoms with van der Waals surface area (Å²) in [6.07, 6.45) is 0.692. The normalized spacial score (nSPS) is 11.8. The van der Waals surface area contributed by atoms with Crippen LogP contribution < -0.4 is 4.74 Å². The van der Waals surface area contributed by atoms with Crippen molar-refractivity contribution in [1.29, 1.82) is 0 Å². The second-order valence-electron chi connectivity index (χ2n) is 4.45. The van der Waals surface area contributed by atoms with E-state index in [-0.39, 0.29) is 9.92 Å². The van der Waals surface area contributed by atoms with E-state index < -0.39 is 10.0 Å². The summed E-state index contributed by atoms with van der Waals surface area (Å²) in [5.74, 6) is 0.455. The fourth-order valence-electron chi connectivity index (χ4n) is 1.83. The summed E-state index contributed by atoms with van der Waals surface area (Å²) < 4.78 is 31.3. The highest BCUT2D eigenvalue weighted by Crippen LogP contribution is 2.28. The van der Waals surface area contributed by atoms with Crippen LogP contribution in [0.2, 0.25) is 5.02 Å². The molecule has 7 heteroatoms. The highest BCUT2D eigenvalue weighted by atomic mass is 35.5. The van der Waals surface area contributed by atoms with Crippen molar-refractivity contribution in [2.75, 3.05) is 20.7 Å². The maximum absolute atomic E-state index is 12.5. The number of rotatable bonds is 6. The lowest BCUT2D eigenvalue weighted by Gasteiger charge is -2.17. The second-order valence-corrected chi connectivity index (χ2v) is 7.94. The molecule has 0 bridgehead atoms. The lowest BCUT2D eigenvalue weighted by Crippen LogP contribution is -2.28. The zero-order chi connectivity index (χ0) is 15.5. The minimum absolute atomic E-state index is 0.168. The first-order chi connectivity index (χ1) is 9.95. The predicted octanol–water partition coefficient (Wildman–Crippen LogP) is 3.27. The number of methoxy groups -OCH3 is 1. The van der Waals surface area contributed by atoms with E-state index in [0.717, 1.165) is 4.88 Å². The number of hydrogen-bond donors (Lipinski definition) is 0. The maximum atomic E-state index is 12.5. The third kappa shape index (κ3) is 3.77. The van der Waals surface area contributed by atoms with Crippen LogP contribution in [0.4, 0.5) is 0 Å². The molecule has 2 rings (SSSR count). The van der Waals surface area contributed by atoms with Gasteiger partial charge in [0.1, 0.15) is 5.75 Å². The molecular weight excluding hydrogens is 330 g/mol. The van der Waals surface area contributed by atoms with Gasteiger partial charge in [0.15, 0.2) is 0 Å². The number of halogens is 1. The summed E-state index contributed by atoms with van der Waals surface area (Å²) in [6.45, 7) is 0.423. The van der Waals surface area contributed by atoms with Crippen molar-refractivity contribution >= 4 is 33.0 Å². The number of ether oxygens (including phenoxy) is 1. The van der Waals surface area contributed by atoms with Crippen molar-refractivity contribution in [2.45, 2.75) is 11.3 Å². The van der Waals surface area contributed by atoms with Gasteiger partial charge < -0.3 is 4.74 Å². The highest BCUT2D eigenvalue weighted by molar-refractivity contribution is 7.89. The van der Waals surface area contributed by atoms with Gasteiger partial charge >= 0.3 is 0 Å². The molecule has 0 atom stereocenters. The van der Waals surface area contributed by atoms with Crippen LogP contribution in [0.25, 0.3) is 0 Å². The van der Waals surface area contributed by atoms with Crippen molar-refractivity contribution in [2.24, 2.45) is 0 Å². The molecule has 0 radical (unpaired) electrons.